The average Bonchev–Trinajstić information content (AvgIpc) is 2.51. The molecule has 0 atom stereocenters. The van der Waals surface area contributed by atoms with Crippen molar-refractivity contribution >= 4 is 18.1 Å². The highest BCUT2D eigenvalue weighted by Crippen LogP contribution is 2.25. The van der Waals surface area contributed by atoms with Crippen molar-refractivity contribution in [3.63, 3.8) is 0 Å². The predicted octanol–water partition coefficient (Wildman–Crippen LogP) is 3.67. The Labute approximate surface area is 124 Å². The van der Waals surface area contributed by atoms with Crippen LogP contribution in [0.3, 0.4) is 0 Å². The summed E-state index contributed by atoms with van der Waals surface area (Å²) in [5, 5.41) is 2.98. The zero-order chi connectivity index (χ0) is 14.5. The van der Waals surface area contributed by atoms with Crippen LogP contribution in [0.15, 0.2) is 72.8 Å². The van der Waals surface area contributed by atoms with Gasteiger partial charge in [-0.2, -0.15) is 0 Å². The number of nitrogens with one attached hydrogen (secondary N) is 1. The second-order valence-corrected chi connectivity index (χ2v) is 5.25. The zero-order valence-corrected chi connectivity index (χ0v) is 11.7. The van der Waals surface area contributed by atoms with Crippen LogP contribution in [0, 0.1) is 0 Å². The maximum absolute atomic E-state index is 11.4. The summed E-state index contributed by atoms with van der Waals surface area (Å²) >= 11 is 0. The number of hydrogen-bond donors (Lipinski definition) is 1. The summed E-state index contributed by atoms with van der Waals surface area (Å²) in [5.41, 5.74) is 1.90. The Hall–Kier alpha value is -2.61. The van der Waals surface area contributed by atoms with Crippen molar-refractivity contribution in [2.75, 3.05) is 0 Å². The summed E-state index contributed by atoms with van der Waals surface area (Å²) in [6, 6.07) is 20.2. The second-order valence-electron chi connectivity index (χ2n) is 5.25. The van der Waals surface area contributed by atoms with Gasteiger partial charge in [-0.05, 0) is 11.1 Å². The predicted molar refractivity (Wildman–Crippen MR) is 86.4 cm³/mol. The lowest BCUT2D eigenvalue weighted by molar-refractivity contribution is -0.129. The van der Waals surface area contributed by atoms with Gasteiger partial charge in [0.25, 0.3) is 0 Å². The van der Waals surface area contributed by atoms with Crippen molar-refractivity contribution in [1.29, 1.82) is 0 Å². The van der Waals surface area contributed by atoms with E-state index in [1.807, 2.05) is 60.7 Å². The fourth-order valence-corrected chi connectivity index (χ4v) is 2.38. The molecular formula is C19H17NO. The summed E-state index contributed by atoms with van der Waals surface area (Å²) in [7, 11) is 0. The third kappa shape index (κ3) is 3.29. The first kappa shape index (κ1) is 13.4. The molecule has 2 aromatic rings. The Morgan fingerprint density at radius 1 is 0.810 bits per heavy atom. The zero-order valence-electron chi connectivity index (χ0n) is 11.7. The number of carbonyl (C=O) groups is 1. The third-order valence-electron chi connectivity index (χ3n) is 3.57. The highest BCUT2D eigenvalue weighted by Gasteiger charge is 2.38. The molecule has 0 radical (unpaired) electrons. The van der Waals surface area contributed by atoms with Crippen molar-refractivity contribution in [2.45, 2.75) is 12.0 Å². The van der Waals surface area contributed by atoms with Gasteiger partial charge in [0, 0.05) is 0 Å². The molecule has 1 aliphatic rings. The summed E-state index contributed by atoms with van der Waals surface area (Å²) in [5.74, 6) is 0.0884. The molecule has 0 aliphatic carbocycles. The largest absolute Gasteiger partial charge is 0.343 e. The van der Waals surface area contributed by atoms with E-state index in [1.54, 1.807) is 0 Å². The molecule has 2 aromatic carbocycles. The van der Waals surface area contributed by atoms with Gasteiger partial charge in [0.2, 0.25) is 5.91 Å². The van der Waals surface area contributed by atoms with Crippen LogP contribution in [0.4, 0.5) is 0 Å². The summed E-state index contributed by atoms with van der Waals surface area (Å²) in [6.45, 7) is 0. The third-order valence-corrected chi connectivity index (χ3v) is 3.57. The molecule has 1 N–H and O–H groups in total. The van der Waals surface area contributed by atoms with Gasteiger partial charge in [-0.1, -0.05) is 85.0 Å². The van der Waals surface area contributed by atoms with Gasteiger partial charge in [-0.15, -0.1) is 0 Å². The molecule has 0 saturated carbocycles. The molecule has 1 heterocycles. The van der Waals surface area contributed by atoms with Crippen molar-refractivity contribution in [3.8, 4) is 0 Å². The van der Waals surface area contributed by atoms with E-state index in [0.29, 0.717) is 6.42 Å². The molecule has 21 heavy (non-hydrogen) atoms. The lowest BCUT2D eigenvalue weighted by Crippen LogP contribution is -2.58. The first-order valence-corrected chi connectivity index (χ1v) is 7.05. The molecule has 1 amide bonds. The number of amides is 1. The Bertz CT molecular complexity index is 612. The maximum atomic E-state index is 11.4. The molecule has 0 aromatic heterocycles. The number of carbonyl (C=O) groups excluding carboxylic acids is 1. The van der Waals surface area contributed by atoms with Crippen LogP contribution >= 0.6 is 0 Å². The molecule has 1 fully saturated rings. The Kier molecular flexibility index (Phi) is 3.69. The second kappa shape index (κ2) is 5.80. The fraction of sp³-hybridized carbons (Fsp3) is 0.105. The monoisotopic (exact) mass is 275 g/mol. The Morgan fingerprint density at radius 3 is 1.62 bits per heavy atom. The smallest absolute Gasteiger partial charge is 0.223 e. The van der Waals surface area contributed by atoms with Crippen molar-refractivity contribution < 1.29 is 4.79 Å². The van der Waals surface area contributed by atoms with Crippen LogP contribution in [-0.4, -0.2) is 11.4 Å². The first-order valence-electron chi connectivity index (χ1n) is 7.05. The molecule has 1 aliphatic heterocycles. The highest BCUT2D eigenvalue weighted by atomic mass is 16.2. The standard InChI is InChI=1S/C19H17NO/c21-18-15-19(20-18,13-11-16-7-3-1-4-8-16)14-12-17-9-5-2-6-10-17/h1-14H,15H2,(H,20,21)/b13-11+,14-12+. The van der Waals surface area contributed by atoms with Crippen LogP contribution in [0.2, 0.25) is 0 Å². The lowest BCUT2D eigenvalue weighted by Gasteiger charge is -2.37. The van der Waals surface area contributed by atoms with Gasteiger partial charge in [0.1, 0.15) is 0 Å². The van der Waals surface area contributed by atoms with Gasteiger partial charge < -0.3 is 5.32 Å². The van der Waals surface area contributed by atoms with Crippen LogP contribution in [0.25, 0.3) is 12.2 Å². The van der Waals surface area contributed by atoms with Crippen LogP contribution in [0.1, 0.15) is 17.5 Å². The SMILES string of the molecule is O=C1CC(/C=C/c2ccccc2)(/C=C/c2ccccc2)N1. The van der Waals surface area contributed by atoms with Crippen LogP contribution < -0.4 is 5.32 Å². The van der Waals surface area contributed by atoms with Crippen molar-refractivity contribution in [3.05, 3.63) is 83.9 Å². The van der Waals surface area contributed by atoms with Crippen molar-refractivity contribution in [1.82, 2.24) is 5.32 Å². The minimum absolute atomic E-state index is 0.0884. The Morgan fingerprint density at radius 2 is 1.24 bits per heavy atom. The summed E-state index contributed by atoms with van der Waals surface area (Å²) in [4.78, 5) is 11.4. The van der Waals surface area contributed by atoms with E-state index in [9.17, 15) is 4.79 Å². The van der Waals surface area contributed by atoms with Crippen LogP contribution in [0.5, 0.6) is 0 Å². The summed E-state index contributed by atoms with van der Waals surface area (Å²) in [6.07, 6.45) is 8.72. The minimum atomic E-state index is -0.358. The maximum Gasteiger partial charge on any atom is 0.223 e. The molecule has 3 rings (SSSR count). The van der Waals surface area contributed by atoms with Crippen molar-refractivity contribution in [2.24, 2.45) is 0 Å². The molecule has 1 saturated heterocycles. The average molecular weight is 275 g/mol. The Balaban J connectivity index is 1.79. The fourth-order valence-electron chi connectivity index (χ4n) is 2.38. The normalized spacial score (nSPS) is 16.9. The summed E-state index contributed by atoms with van der Waals surface area (Å²) < 4.78 is 0. The quantitative estimate of drug-likeness (QED) is 0.847. The lowest BCUT2D eigenvalue weighted by atomic mass is 9.85. The molecule has 0 unspecified atom stereocenters. The highest BCUT2D eigenvalue weighted by molar-refractivity contribution is 5.88. The number of benzene rings is 2. The first-order chi connectivity index (χ1) is 10.3. The molecular weight excluding hydrogens is 258 g/mol. The van der Waals surface area contributed by atoms with E-state index in [4.69, 9.17) is 0 Å². The van der Waals surface area contributed by atoms with Gasteiger partial charge in [-0.25, -0.2) is 0 Å². The van der Waals surface area contributed by atoms with E-state index in [0.717, 1.165) is 11.1 Å². The van der Waals surface area contributed by atoms with Gasteiger partial charge >= 0.3 is 0 Å². The van der Waals surface area contributed by atoms with E-state index in [-0.39, 0.29) is 11.4 Å². The van der Waals surface area contributed by atoms with Gasteiger partial charge in [0.15, 0.2) is 0 Å². The topological polar surface area (TPSA) is 29.1 Å². The molecule has 2 nitrogen and oxygen atoms in total. The molecule has 2 heteroatoms. The van der Waals surface area contributed by atoms with E-state index in [1.165, 1.54) is 0 Å². The van der Waals surface area contributed by atoms with E-state index < -0.39 is 0 Å². The van der Waals surface area contributed by atoms with E-state index >= 15 is 0 Å². The molecule has 0 spiro atoms. The number of β-lactam (4-membered cyclic amide) rings is 1. The van der Waals surface area contributed by atoms with Gasteiger partial charge in [0.05, 0.1) is 12.0 Å². The minimum Gasteiger partial charge on any atom is -0.343 e. The molecule has 0 bridgehead atoms. The number of hydrogen-bond acceptors (Lipinski definition) is 1. The van der Waals surface area contributed by atoms with Crippen LogP contribution in [-0.2, 0) is 4.79 Å². The van der Waals surface area contributed by atoms with Gasteiger partial charge in [-0.3, -0.25) is 4.79 Å². The molecule has 104 valence electrons. The number of rotatable bonds is 4. The van der Waals surface area contributed by atoms with E-state index in [2.05, 4.69) is 29.6 Å².